The molecule has 2 N–H and O–H groups in total. The van der Waals surface area contributed by atoms with Gasteiger partial charge in [0, 0.05) is 0 Å². The summed E-state index contributed by atoms with van der Waals surface area (Å²) in [7, 11) is 0. The van der Waals surface area contributed by atoms with E-state index in [4.69, 9.17) is 10.5 Å². The van der Waals surface area contributed by atoms with Gasteiger partial charge >= 0.3 is 0 Å². The molecule has 2 atom stereocenters. The van der Waals surface area contributed by atoms with Crippen molar-refractivity contribution in [1.29, 1.82) is 0 Å². The van der Waals surface area contributed by atoms with Gasteiger partial charge in [-0.2, -0.15) is 0 Å². The highest BCUT2D eigenvalue weighted by atomic mass is 16.5. The van der Waals surface area contributed by atoms with Crippen LogP contribution >= 0.6 is 0 Å². The Morgan fingerprint density at radius 3 is 2.31 bits per heavy atom. The summed E-state index contributed by atoms with van der Waals surface area (Å²) >= 11 is 0. The second-order valence-electron chi connectivity index (χ2n) is 3.79. The molecule has 0 saturated heterocycles. The molecule has 0 saturated carbocycles. The van der Waals surface area contributed by atoms with Crippen LogP contribution in [0.5, 0.6) is 5.75 Å². The molecule has 0 aromatic heterocycles. The third-order valence-electron chi connectivity index (χ3n) is 2.69. The largest absolute Gasteiger partial charge is 0.490 e. The van der Waals surface area contributed by atoms with Gasteiger partial charge in [0.2, 0.25) is 5.91 Å². The minimum Gasteiger partial charge on any atom is -0.490 e. The maximum absolute atomic E-state index is 11.3. The fourth-order valence-electron chi connectivity index (χ4n) is 1.77. The fourth-order valence-corrected chi connectivity index (χ4v) is 1.77. The molecule has 0 aliphatic heterocycles. The molecule has 0 spiro atoms. The molecule has 1 aromatic rings. The van der Waals surface area contributed by atoms with E-state index in [9.17, 15) is 4.79 Å². The molecular weight excluding hydrogens is 202 g/mol. The smallest absolute Gasteiger partial charge is 0.224 e. The quantitative estimate of drug-likeness (QED) is 0.801. The van der Waals surface area contributed by atoms with Crippen molar-refractivity contribution in [3.8, 4) is 5.75 Å². The zero-order valence-corrected chi connectivity index (χ0v) is 9.85. The molecule has 0 heterocycles. The van der Waals surface area contributed by atoms with Gasteiger partial charge in [0.05, 0.1) is 5.92 Å². The molecule has 3 heteroatoms. The van der Waals surface area contributed by atoms with E-state index >= 15 is 0 Å². The van der Waals surface area contributed by atoms with Crippen LogP contribution in [-0.2, 0) is 4.79 Å². The van der Waals surface area contributed by atoms with Gasteiger partial charge in [-0.1, -0.05) is 32.0 Å². The Kier molecular flexibility index (Phi) is 4.83. The number of carbonyl (C=O) groups is 1. The van der Waals surface area contributed by atoms with Gasteiger partial charge in [0.25, 0.3) is 0 Å². The van der Waals surface area contributed by atoms with Gasteiger partial charge in [-0.3, -0.25) is 4.79 Å². The topological polar surface area (TPSA) is 52.3 Å². The first kappa shape index (κ1) is 12.6. The first-order chi connectivity index (χ1) is 7.69. The molecule has 88 valence electrons. The molecule has 0 bridgehead atoms. The Morgan fingerprint density at radius 1 is 1.25 bits per heavy atom. The van der Waals surface area contributed by atoms with Crippen molar-refractivity contribution in [1.82, 2.24) is 0 Å². The van der Waals surface area contributed by atoms with Crippen molar-refractivity contribution in [3.63, 3.8) is 0 Å². The number of amides is 1. The number of hydrogen-bond donors (Lipinski definition) is 1. The summed E-state index contributed by atoms with van der Waals surface area (Å²) in [5.41, 5.74) is 5.36. The van der Waals surface area contributed by atoms with E-state index in [1.165, 1.54) is 0 Å². The Morgan fingerprint density at radius 2 is 1.88 bits per heavy atom. The molecule has 16 heavy (non-hydrogen) atoms. The Hall–Kier alpha value is -1.51. The third kappa shape index (κ3) is 3.26. The first-order valence-electron chi connectivity index (χ1n) is 5.70. The average molecular weight is 221 g/mol. The maximum atomic E-state index is 11.3. The third-order valence-corrected chi connectivity index (χ3v) is 2.69. The fraction of sp³-hybridized carbons (Fsp3) is 0.462. The van der Waals surface area contributed by atoms with Crippen LogP contribution in [0.3, 0.4) is 0 Å². The van der Waals surface area contributed by atoms with Crippen LogP contribution in [0, 0.1) is 5.92 Å². The van der Waals surface area contributed by atoms with Crippen molar-refractivity contribution >= 4 is 5.91 Å². The molecular formula is C13H19NO2. The summed E-state index contributed by atoms with van der Waals surface area (Å²) in [5.74, 6) is 0.282. The zero-order valence-electron chi connectivity index (χ0n) is 9.85. The van der Waals surface area contributed by atoms with E-state index in [1.54, 1.807) is 0 Å². The number of ether oxygens (including phenoxy) is 1. The molecule has 1 rings (SSSR count). The van der Waals surface area contributed by atoms with Gasteiger partial charge in [0.1, 0.15) is 11.9 Å². The van der Waals surface area contributed by atoms with E-state index in [-0.39, 0.29) is 17.9 Å². The molecule has 1 aromatic carbocycles. The summed E-state index contributed by atoms with van der Waals surface area (Å²) in [6.07, 6.45) is 1.35. The lowest BCUT2D eigenvalue weighted by Crippen LogP contribution is -2.36. The molecule has 0 unspecified atom stereocenters. The predicted molar refractivity (Wildman–Crippen MR) is 64.1 cm³/mol. The van der Waals surface area contributed by atoms with Crippen molar-refractivity contribution < 1.29 is 9.53 Å². The highest BCUT2D eigenvalue weighted by Gasteiger charge is 2.24. The summed E-state index contributed by atoms with van der Waals surface area (Å²) in [6.45, 7) is 3.95. The minimum atomic E-state index is -0.287. The van der Waals surface area contributed by atoms with Crippen LogP contribution in [-0.4, -0.2) is 12.0 Å². The van der Waals surface area contributed by atoms with Crippen LogP contribution in [0.1, 0.15) is 26.7 Å². The Labute approximate surface area is 96.6 Å². The maximum Gasteiger partial charge on any atom is 0.224 e. The molecule has 0 aliphatic carbocycles. The highest BCUT2D eigenvalue weighted by molar-refractivity contribution is 5.77. The molecule has 0 aliphatic rings. The van der Waals surface area contributed by atoms with E-state index < -0.39 is 0 Å². The van der Waals surface area contributed by atoms with Gasteiger partial charge in [-0.05, 0) is 25.0 Å². The standard InChI is InChI=1S/C13H19NO2/c1-3-11(13(14)15)12(4-2)16-10-8-6-5-7-9-10/h5-9,11-12H,3-4H2,1-2H3,(H2,14,15)/t11-,12+/m0/s1. The number of benzene rings is 1. The number of hydrogen-bond acceptors (Lipinski definition) is 2. The average Bonchev–Trinajstić information content (AvgIpc) is 2.29. The monoisotopic (exact) mass is 221 g/mol. The normalized spacial score (nSPS) is 14.1. The number of carbonyl (C=O) groups excluding carboxylic acids is 1. The number of nitrogens with two attached hydrogens (primary N) is 1. The molecule has 1 amide bonds. The van der Waals surface area contributed by atoms with Crippen molar-refractivity contribution in [2.75, 3.05) is 0 Å². The second-order valence-corrected chi connectivity index (χ2v) is 3.79. The van der Waals surface area contributed by atoms with Crippen LogP contribution in [0.2, 0.25) is 0 Å². The summed E-state index contributed by atoms with van der Waals surface area (Å²) in [6, 6.07) is 9.52. The van der Waals surface area contributed by atoms with E-state index in [2.05, 4.69) is 0 Å². The number of para-hydroxylation sites is 1. The first-order valence-corrected chi connectivity index (χ1v) is 5.70. The zero-order chi connectivity index (χ0) is 12.0. The van der Waals surface area contributed by atoms with Gasteiger partial charge in [-0.25, -0.2) is 0 Å². The van der Waals surface area contributed by atoms with E-state index in [1.807, 2.05) is 44.2 Å². The van der Waals surface area contributed by atoms with Crippen molar-refractivity contribution in [3.05, 3.63) is 30.3 Å². The second kappa shape index (κ2) is 6.16. The minimum absolute atomic E-state index is 0.134. The van der Waals surface area contributed by atoms with Crippen molar-refractivity contribution in [2.45, 2.75) is 32.8 Å². The lowest BCUT2D eigenvalue weighted by molar-refractivity contribution is -0.124. The summed E-state index contributed by atoms with van der Waals surface area (Å²) < 4.78 is 5.78. The molecule has 3 nitrogen and oxygen atoms in total. The van der Waals surface area contributed by atoms with E-state index in [0.29, 0.717) is 6.42 Å². The highest BCUT2D eigenvalue weighted by Crippen LogP contribution is 2.19. The van der Waals surface area contributed by atoms with Gasteiger partial charge in [0.15, 0.2) is 0 Å². The number of primary amides is 1. The lowest BCUT2D eigenvalue weighted by Gasteiger charge is -2.23. The van der Waals surface area contributed by atoms with Crippen LogP contribution in [0.25, 0.3) is 0 Å². The molecule has 0 fully saturated rings. The lowest BCUT2D eigenvalue weighted by atomic mass is 9.96. The van der Waals surface area contributed by atoms with Crippen LogP contribution < -0.4 is 10.5 Å². The van der Waals surface area contributed by atoms with Gasteiger partial charge < -0.3 is 10.5 Å². The summed E-state index contributed by atoms with van der Waals surface area (Å²) in [5, 5.41) is 0. The number of rotatable bonds is 6. The van der Waals surface area contributed by atoms with Crippen LogP contribution in [0.15, 0.2) is 30.3 Å². The molecule has 0 radical (unpaired) electrons. The Bertz CT molecular complexity index is 324. The van der Waals surface area contributed by atoms with E-state index in [0.717, 1.165) is 12.2 Å². The summed E-state index contributed by atoms with van der Waals surface area (Å²) in [4.78, 5) is 11.3. The van der Waals surface area contributed by atoms with Gasteiger partial charge in [-0.15, -0.1) is 0 Å². The van der Waals surface area contributed by atoms with Crippen LogP contribution in [0.4, 0.5) is 0 Å². The Balaban J connectivity index is 2.71. The predicted octanol–water partition coefficient (Wildman–Crippen LogP) is 2.36. The van der Waals surface area contributed by atoms with Crippen molar-refractivity contribution in [2.24, 2.45) is 11.7 Å². The SMILES string of the molecule is CC[C@H](C(N)=O)[C@@H](CC)Oc1ccccc1.